The molecule has 0 fully saturated rings. The van der Waals surface area contributed by atoms with Crippen LogP contribution in [-0.2, 0) is 0 Å². The molecule has 2 aromatic rings. The highest BCUT2D eigenvalue weighted by Crippen LogP contribution is 2.14. The van der Waals surface area contributed by atoms with E-state index < -0.39 is 11.8 Å². The van der Waals surface area contributed by atoms with E-state index in [1.54, 1.807) is 18.2 Å². The number of hydrogen-bond acceptors (Lipinski definition) is 4. The van der Waals surface area contributed by atoms with E-state index in [0.29, 0.717) is 4.47 Å². The van der Waals surface area contributed by atoms with Crippen molar-refractivity contribution in [2.45, 2.75) is 0 Å². The Balaban J connectivity index is 2.01. The number of aromatic nitrogens is 1. The summed E-state index contributed by atoms with van der Waals surface area (Å²) in [7, 11) is 0. The molecule has 0 aliphatic carbocycles. The highest BCUT2D eigenvalue weighted by molar-refractivity contribution is 9.10. The molecule has 7 heteroatoms. The molecule has 0 aliphatic heterocycles. The monoisotopic (exact) mass is 335 g/mol. The Labute approximate surface area is 122 Å². The van der Waals surface area contributed by atoms with Crippen molar-refractivity contribution in [3.8, 4) is 5.75 Å². The van der Waals surface area contributed by atoms with Gasteiger partial charge in [-0.1, -0.05) is 12.1 Å². The first-order valence-electron chi connectivity index (χ1n) is 5.57. The zero-order chi connectivity index (χ0) is 14.5. The van der Waals surface area contributed by atoms with E-state index in [-0.39, 0.29) is 16.9 Å². The predicted octanol–water partition coefficient (Wildman–Crippen LogP) is 1.62. The second-order valence-corrected chi connectivity index (χ2v) is 4.73. The van der Waals surface area contributed by atoms with Crippen molar-refractivity contribution < 1.29 is 14.7 Å². The largest absolute Gasteiger partial charge is 0.507 e. The normalized spacial score (nSPS) is 9.85. The van der Waals surface area contributed by atoms with Gasteiger partial charge in [-0.15, -0.1) is 0 Å². The maximum absolute atomic E-state index is 11.8. The summed E-state index contributed by atoms with van der Waals surface area (Å²) in [5.41, 5.74) is 4.82. The van der Waals surface area contributed by atoms with Crippen molar-refractivity contribution in [2.75, 3.05) is 0 Å². The van der Waals surface area contributed by atoms with Crippen LogP contribution in [0.5, 0.6) is 5.75 Å². The average Bonchev–Trinajstić information content (AvgIpc) is 2.45. The van der Waals surface area contributed by atoms with Gasteiger partial charge in [-0.2, -0.15) is 0 Å². The van der Waals surface area contributed by atoms with E-state index in [9.17, 15) is 14.7 Å². The highest BCUT2D eigenvalue weighted by atomic mass is 79.9. The van der Waals surface area contributed by atoms with E-state index in [4.69, 9.17) is 0 Å². The average molecular weight is 336 g/mol. The van der Waals surface area contributed by atoms with Gasteiger partial charge in [0, 0.05) is 16.9 Å². The van der Waals surface area contributed by atoms with Crippen molar-refractivity contribution in [3.63, 3.8) is 0 Å². The Morgan fingerprint density at radius 2 is 1.80 bits per heavy atom. The van der Waals surface area contributed by atoms with Crippen LogP contribution in [0.25, 0.3) is 0 Å². The number of para-hydroxylation sites is 1. The first kappa shape index (κ1) is 14.0. The number of phenols is 1. The lowest BCUT2D eigenvalue weighted by Crippen LogP contribution is -2.41. The van der Waals surface area contributed by atoms with Crippen LogP contribution in [0.1, 0.15) is 20.7 Å². The summed E-state index contributed by atoms with van der Waals surface area (Å²) in [6.45, 7) is 0. The minimum absolute atomic E-state index is 0.0696. The zero-order valence-corrected chi connectivity index (χ0v) is 11.7. The summed E-state index contributed by atoms with van der Waals surface area (Å²) in [6, 6.07) is 7.59. The molecule has 102 valence electrons. The summed E-state index contributed by atoms with van der Waals surface area (Å²) in [6.07, 6.45) is 2.91. The van der Waals surface area contributed by atoms with Crippen LogP contribution in [0.4, 0.5) is 0 Å². The number of hydrogen-bond donors (Lipinski definition) is 3. The molecular weight excluding hydrogens is 326 g/mol. The third-order valence-corrected chi connectivity index (χ3v) is 2.84. The summed E-state index contributed by atoms with van der Waals surface area (Å²) in [4.78, 5) is 27.4. The first-order chi connectivity index (χ1) is 9.58. The second kappa shape index (κ2) is 6.16. The Morgan fingerprint density at radius 1 is 1.10 bits per heavy atom. The summed E-state index contributed by atoms with van der Waals surface area (Å²) >= 11 is 3.19. The van der Waals surface area contributed by atoms with Crippen LogP contribution < -0.4 is 10.9 Å². The van der Waals surface area contributed by atoms with Crippen LogP contribution in [-0.4, -0.2) is 21.9 Å². The minimum atomic E-state index is -0.612. The second-order valence-electron chi connectivity index (χ2n) is 3.82. The number of benzene rings is 1. The lowest BCUT2D eigenvalue weighted by molar-refractivity contribution is 0.0844. The van der Waals surface area contributed by atoms with Crippen molar-refractivity contribution in [1.29, 1.82) is 0 Å². The van der Waals surface area contributed by atoms with E-state index in [1.165, 1.54) is 24.5 Å². The van der Waals surface area contributed by atoms with Crippen molar-refractivity contribution in [1.82, 2.24) is 15.8 Å². The Bertz CT molecular complexity index is 661. The quantitative estimate of drug-likeness (QED) is 0.727. The molecule has 3 N–H and O–H groups in total. The number of phenolic OH excluding ortho intramolecular Hbond substituents is 1. The SMILES string of the molecule is O=C(NNC(=O)c1ccccc1O)c1cncc(Br)c1. The molecule has 0 unspecified atom stereocenters. The molecule has 0 atom stereocenters. The molecule has 0 bridgehead atoms. The fourth-order valence-corrected chi connectivity index (χ4v) is 1.82. The molecule has 1 heterocycles. The van der Waals surface area contributed by atoms with Gasteiger partial charge in [-0.25, -0.2) is 0 Å². The van der Waals surface area contributed by atoms with Crippen LogP contribution in [0.2, 0.25) is 0 Å². The van der Waals surface area contributed by atoms with Gasteiger partial charge in [0.2, 0.25) is 0 Å². The lowest BCUT2D eigenvalue weighted by Gasteiger charge is -2.08. The smallest absolute Gasteiger partial charge is 0.273 e. The lowest BCUT2D eigenvalue weighted by atomic mass is 10.2. The molecule has 0 radical (unpaired) electrons. The van der Waals surface area contributed by atoms with Crippen LogP contribution in [0.15, 0.2) is 47.2 Å². The molecule has 0 saturated carbocycles. The molecule has 1 aromatic heterocycles. The third kappa shape index (κ3) is 3.33. The fourth-order valence-electron chi connectivity index (χ4n) is 1.45. The van der Waals surface area contributed by atoms with E-state index in [2.05, 4.69) is 31.8 Å². The maximum Gasteiger partial charge on any atom is 0.273 e. The Kier molecular flexibility index (Phi) is 4.31. The third-order valence-electron chi connectivity index (χ3n) is 2.41. The zero-order valence-electron chi connectivity index (χ0n) is 10.1. The first-order valence-corrected chi connectivity index (χ1v) is 6.36. The van der Waals surface area contributed by atoms with Gasteiger partial charge in [0.15, 0.2) is 0 Å². The number of halogens is 1. The van der Waals surface area contributed by atoms with Gasteiger partial charge in [0.05, 0.1) is 11.1 Å². The van der Waals surface area contributed by atoms with E-state index >= 15 is 0 Å². The number of nitrogens with one attached hydrogen (secondary N) is 2. The van der Waals surface area contributed by atoms with Gasteiger partial charge < -0.3 is 5.11 Å². The summed E-state index contributed by atoms with van der Waals surface area (Å²) < 4.78 is 0.650. The number of rotatable bonds is 2. The van der Waals surface area contributed by atoms with Crippen LogP contribution in [0.3, 0.4) is 0 Å². The predicted molar refractivity (Wildman–Crippen MR) is 75.0 cm³/mol. The molecular formula is C13H10BrN3O3. The molecule has 0 spiro atoms. The number of pyridine rings is 1. The summed E-state index contributed by atoms with van der Waals surface area (Å²) in [5.74, 6) is -1.29. The Hall–Kier alpha value is -2.41. The Morgan fingerprint density at radius 3 is 2.50 bits per heavy atom. The van der Waals surface area contributed by atoms with Crippen molar-refractivity contribution in [3.05, 3.63) is 58.3 Å². The van der Waals surface area contributed by atoms with Crippen LogP contribution in [0, 0.1) is 0 Å². The van der Waals surface area contributed by atoms with Crippen LogP contribution >= 0.6 is 15.9 Å². The van der Waals surface area contributed by atoms with Crippen molar-refractivity contribution >= 4 is 27.7 Å². The van der Waals surface area contributed by atoms with Gasteiger partial charge in [-0.05, 0) is 34.1 Å². The number of hydrazine groups is 1. The fraction of sp³-hybridized carbons (Fsp3) is 0. The van der Waals surface area contributed by atoms with Gasteiger partial charge in [-0.3, -0.25) is 25.4 Å². The van der Waals surface area contributed by atoms with Crippen molar-refractivity contribution in [2.24, 2.45) is 0 Å². The standard InChI is InChI=1S/C13H10BrN3O3/c14-9-5-8(6-15-7-9)12(19)16-17-13(20)10-3-1-2-4-11(10)18/h1-7,18H,(H,16,19)(H,17,20). The van der Waals surface area contributed by atoms with Gasteiger partial charge >= 0.3 is 0 Å². The molecule has 1 aromatic carbocycles. The molecule has 20 heavy (non-hydrogen) atoms. The molecule has 2 rings (SSSR count). The number of aromatic hydroxyl groups is 1. The van der Waals surface area contributed by atoms with Gasteiger partial charge in [0.25, 0.3) is 11.8 Å². The number of carbonyl (C=O) groups excluding carboxylic acids is 2. The van der Waals surface area contributed by atoms with E-state index in [0.717, 1.165) is 0 Å². The number of nitrogens with zero attached hydrogens (tertiary/aromatic N) is 1. The topological polar surface area (TPSA) is 91.3 Å². The number of carbonyl (C=O) groups is 2. The minimum Gasteiger partial charge on any atom is -0.507 e. The van der Waals surface area contributed by atoms with Gasteiger partial charge in [0.1, 0.15) is 5.75 Å². The molecule has 0 aliphatic rings. The highest BCUT2D eigenvalue weighted by Gasteiger charge is 2.12. The summed E-state index contributed by atoms with van der Waals surface area (Å²) in [5, 5.41) is 9.51. The molecule has 2 amide bonds. The maximum atomic E-state index is 11.8. The van der Waals surface area contributed by atoms with E-state index in [1.807, 2.05) is 0 Å². The molecule has 0 saturated heterocycles. The number of amides is 2. The molecule has 6 nitrogen and oxygen atoms in total.